The molecule has 1 aliphatic rings. The number of benzene rings is 1. The van der Waals surface area contributed by atoms with Crippen LogP contribution in [0.4, 0.5) is 0 Å². The van der Waals surface area contributed by atoms with Gasteiger partial charge in [0.25, 0.3) is 0 Å². The van der Waals surface area contributed by atoms with Crippen LogP contribution < -0.4 is 5.32 Å². The third-order valence-corrected chi connectivity index (χ3v) is 3.68. The van der Waals surface area contributed by atoms with Gasteiger partial charge in [-0.3, -0.25) is 0 Å². The first-order valence-electron chi connectivity index (χ1n) is 7.27. The highest BCUT2D eigenvalue weighted by Crippen LogP contribution is 2.33. The van der Waals surface area contributed by atoms with Gasteiger partial charge in [-0.1, -0.05) is 24.3 Å². The quantitative estimate of drug-likeness (QED) is 0.657. The maximum Gasteiger partial charge on any atom is 0.0700 e. The first-order chi connectivity index (χ1) is 9.42. The Balaban J connectivity index is 1.44. The molecule has 3 heteroatoms. The second-order valence-corrected chi connectivity index (χ2v) is 5.12. The zero-order valence-corrected chi connectivity index (χ0v) is 11.9. The van der Waals surface area contributed by atoms with Gasteiger partial charge in [0.05, 0.1) is 13.2 Å². The van der Waals surface area contributed by atoms with E-state index in [-0.39, 0.29) is 0 Å². The van der Waals surface area contributed by atoms with E-state index in [9.17, 15) is 0 Å². The molecule has 0 aromatic heterocycles. The molecule has 0 heterocycles. The third kappa shape index (κ3) is 4.60. The van der Waals surface area contributed by atoms with E-state index in [0.29, 0.717) is 13.2 Å². The van der Waals surface area contributed by atoms with E-state index >= 15 is 0 Å². The van der Waals surface area contributed by atoms with Crippen LogP contribution in [0.25, 0.3) is 0 Å². The van der Waals surface area contributed by atoms with Crippen molar-refractivity contribution in [3.05, 3.63) is 35.4 Å². The molecule has 0 amide bonds. The van der Waals surface area contributed by atoms with Crippen molar-refractivity contribution < 1.29 is 9.47 Å². The van der Waals surface area contributed by atoms with Gasteiger partial charge in [-0.25, -0.2) is 0 Å². The standard InChI is InChI=1S/C16H25NO2/c1-18-10-11-19-9-5-4-8-17-13-15-12-14-6-2-3-7-16(14)15/h2-3,6-7,15,17H,4-5,8-13H2,1H3. The zero-order chi connectivity index (χ0) is 13.3. The van der Waals surface area contributed by atoms with Crippen molar-refractivity contribution in [1.29, 1.82) is 0 Å². The molecule has 0 saturated heterocycles. The number of rotatable bonds is 10. The molecule has 0 fully saturated rings. The number of fused-ring (bicyclic) bond motifs is 1. The van der Waals surface area contributed by atoms with Gasteiger partial charge in [0.2, 0.25) is 0 Å². The molecule has 3 nitrogen and oxygen atoms in total. The molecule has 1 atom stereocenters. The largest absolute Gasteiger partial charge is 0.382 e. The number of methoxy groups -OCH3 is 1. The van der Waals surface area contributed by atoms with Crippen molar-refractivity contribution >= 4 is 0 Å². The lowest BCUT2D eigenvalue weighted by Gasteiger charge is -2.30. The van der Waals surface area contributed by atoms with Gasteiger partial charge >= 0.3 is 0 Å². The summed E-state index contributed by atoms with van der Waals surface area (Å²) in [4.78, 5) is 0. The molecule has 19 heavy (non-hydrogen) atoms. The smallest absolute Gasteiger partial charge is 0.0700 e. The van der Waals surface area contributed by atoms with Gasteiger partial charge in [0.15, 0.2) is 0 Å². The van der Waals surface area contributed by atoms with Gasteiger partial charge in [-0.05, 0) is 36.9 Å². The molecule has 0 aliphatic heterocycles. The first-order valence-corrected chi connectivity index (χ1v) is 7.27. The molecule has 1 aromatic carbocycles. The molecule has 1 aliphatic carbocycles. The minimum absolute atomic E-state index is 0.694. The van der Waals surface area contributed by atoms with Crippen LogP contribution in [0.5, 0.6) is 0 Å². The Bertz CT molecular complexity index is 368. The monoisotopic (exact) mass is 263 g/mol. The maximum absolute atomic E-state index is 5.43. The van der Waals surface area contributed by atoms with Crippen LogP contribution in [-0.2, 0) is 15.9 Å². The van der Waals surface area contributed by atoms with Gasteiger partial charge < -0.3 is 14.8 Å². The van der Waals surface area contributed by atoms with E-state index in [1.807, 2.05) is 0 Å². The summed E-state index contributed by atoms with van der Waals surface area (Å²) in [6.07, 6.45) is 3.54. The Hall–Kier alpha value is -0.900. The van der Waals surface area contributed by atoms with E-state index in [0.717, 1.165) is 32.0 Å². The van der Waals surface area contributed by atoms with E-state index < -0.39 is 0 Å². The molecular weight excluding hydrogens is 238 g/mol. The Labute approximate surface area is 116 Å². The highest BCUT2D eigenvalue weighted by molar-refractivity contribution is 5.40. The Kier molecular flexibility index (Phi) is 6.34. The average Bonchev–Trinajstić information content (AvgIpc) is 2.41. The normalized spacial score (nSPS) is 17.0. The van der Waals surface area contributed by atoms with Crippen molar-refractivity contribution in [2.45, 2.75) is 25.2 Å². The summed E-state index contributed by atoms with van der Waals surface area (Å²) in [5.74, 6) is 0.731. The predicted molar refractivity (Wildman–Crippen MR) is 77.7 cm³/mol. The van der Waals surface area contributed by atoms with E-state index in [1.54, 1.807) is 7.11 Å². The van der Waals surface area contributed by atoms with Gasteiger partial charge in [0, 0.05) is 26.2 Å². The summed E-state index contributed by atoms with van der Waals surface area (Å²) in [7, 11) is 1.70. The fourth-order valence-corrected chi connectivity index (χ4v) is 2.52. The van der Waals surface area contributed by atoms with Gasteiger partial charge in [-0.15, -0.1) is 0 Å². The minimum Gasteiger partial charge on any atom is -0.382 e. The van der Waals surface area contributed by atoms with Gasteiger partial charge in [-0.2, -0.15) is 0 Å². The van der Waals surface area contributed by atoms with Crippen LogP contribution in [0.3, 0.4) is 0 Å². The summed E-state index contributed by atoms with van der Waals surface area (Å²) in [5, 5.41) is 3.55. The zero-order valence-electron chi connectivity index (χ0n) is 11.9. The molecule has 1 unspecified atom stereocenters. The summed E-state index contributed by atoms with van der Waals surface area (Å²) in [5.41, 5.74) is 3.07. The van der Waals surface area contributed by atoms with Crippen LogP contribution in [0.2, 0.25) is 0 Å². The number of hydrogen-bond acceptors (Lipinski definition) is 3. The lowest BCUT2D eigenvalue weighted by molar-refractivity contribution is 0.0688. The van der Waals surface area contributed by atoms with Crippen LogP contribution in [0.15, 0.2) is 24.3 Å². The number of unbranched alkanes of at least 4 members (excludes halogenated alkanes) is 1. The Morgan fingerprint density at radius 2 is 2.05 bits per heavy atom. The van der Waals surface area contributed by atoms with Gasteiger partial charge in [0.1, 0.15) is 0 Å². The highest BCUT2D eigenvalue weighted by atomic mass is 16.5. The number of ether oxygens (including phenoxy) is 2. The maximum atomic E-state index is 5.43. The molecule has 0 saturated carbocycles. The summed E-state index contributed by atoms with van der Waals surface area (Å²) in [6.45, 7) is 4.45. The molecule has 1 aromatic rings. The third-order valence-electron chi connectivity index (χ3n) is 3.68. The number of hydrogen-bond donors (Lipinski definition) is 1. The van der Waals surface area contributed by atoms with Crippen molar-refractivity contribution in [2.24, 2.45) is 0 Å². The van der Waals surface area contributed by atoms with Crippen LogP contribution in [0.1, 0.15) is 29.9 Å². The SMILES string of the molecule is COCCOCCCCNCC1Cc2ccccc21. The van der Waals surface area contributed by atoms with Crippen LogP contribution in [-0.4, -0.2) is 40.0 Å². The Morgan fingerprint density at radius 1 is 1.16 bits per heavy atom. The fourth-order valence-electron chi connectivity index (χ4n) is 2.52. The lowest BCUT2D eigenvalue weighted by atomic mass is 9.77. The summed E-state index contributed by atoms with van der Waals surface area (Å²) in [6, 6.07) is 8.77. The van der Waals surface area contributed by atoms with E-state index in [4.69, 9.17) is 9.47 Å². The predicted octanol–water partition coefficient (Wildman–Crippen LogP) is 2.36. The summed E-state index contributed by atoms with van der Waals surface area (Å²) >= 11 is 0. The molecule has 0 spiro atoms. The first kappa shape index (κ1) is 14.5. The van der Waals surface area contributed by atoms with E-state index in [1.165, 1.54) is 24.0 Å². The Morgan fingerprint density at radius 3 is 2.89 bits per heavy atom. The van der Waals surface area contributed by atoms with E-state index in [2.05, 4.69) is 29.6 Å². The van der Waals surface area contributed by atoms with Crippen molar-refractivity contribution in [3.8, 4) is 0 Å². The highest BCUT2D eigenvalue weighted by Gasteiger charge is 2.24. The van der Waals surface area contributed by atoms with Crippen molar-refractivity contribution in [1.82, 2.24) is 5.32 Å². The minimum atomic E-state index is 0.694. The second kappa shape index (κ2) is 8.31. The molecule has 0 radical (unpaired) electrons. The second-order valence-electron chi connectivity index (χ2n) is 5.12. The molecule has 106 valence electrons. The lowest BCUT2D eigenvalue weighted by Crippen LogP contribution is -2.29. The molecule has 2 rings (SSSR count). The fraction of sp³-hybridized carbons (Fsp3) is 0.625. The van der Waals surface area contributed by atoms with Crippen LogP contribution >= 0.6 is 0 Å². The average molecular weight is 263 g/mol. The topological polar surface area (TPSA) is 30.5 Å². The molecule has 0 bridgehead atoms. The molecular formula is C16H25NO2. The number of nitrogens with one attached hydrogen (secondary N) is 1. The summed E-state index contributed by atoms with van der Waals surface area (Å²) < 4.78 is 10.4. The molecule has 1 N–H and O–H groups in total. The van der Waals surface area contributed by atoms with Crippen molar-refractivity contribution in [2.75, 3.05) is 40.0 Å². The van der Waals surface area contributed by atoms with Crippen LogP contribution in [0, 0.1) is 0 Å². The van der Waals surface area contributed by atoms with Crippen molar-refractivity contribution in [3.63, 3.8) is 0 Å².